The van der Waals surface area contributed by atoms with Gasteiger partial charge in [-0.15, -0.1) is 0 Å². The van der Waals surface area contributed by atoms with Gasteiger partial charge in [-0.05, 0) is 0 Å². The molecule has 0 bridgehead atoms. The summed E-state index contributed by atoms with van der Waals surface area (Å²) in [5.41, 5.74) is -1.06. The van der Waals surface area contributed by atoms with Gasteiger partial charge in [-0.25, -0.2) is 0 Å². The number of aliphatic hydroxyl groups excluding tert-OH is 1. The van der Waals surface area contributed by atoms with E-state index in [2.05, 4.69) is 0 Å². The molecule has 3 atom stereocenters. The first-order valence-corrected chi connectivity index (χ1v) is 3.78. The second kappa shape index (κ2) is 3.13. The fourth-order valence-electron chi connectivity index (χ4n) is 1.20. The van der Waals surface area contributed by atoms with E-state index < -0.39 is 5.60 Å². The summed E-state index contributed by atoms with van der Waals surface area (Å²) in [6.07, 6.45) is 0.313. The van der Waals surface area contributed by atoms with Crippen LogP contribution in [0.3, 0.4) is 0 Å². The highest BCUT2D eigenvalue weighted by Crippen LogP contribution is 2.29. The van der Waals surface area contributed by atoms with E-state index in [0.717, 1.165) is 0 Å². The fraction of sp³-hybridized carbons (Fsp3) is 1.00. The van der Waals surface area contributed by atoms with Gasteiger partial charge in [-0.3, -0.25) is 0 Å². The van der Waals surface area contributed by atoms with E-state index >= 15 is 0 Å². The number of hydrogen-bond donors (Lipinski definition) is 2. The van der Waals surface area contributed by atoms with E-state index in [1.807, 2.05) is 6.92 Å². The molecule has 0 aromatic carbocycles. The number of ether oxygens (including phenoxy) is 1. The minimum atomic E-state index is -1.06. The van der Waals surface area contributed by atoms with Crippen LogP contribution in [0.15, 0.2) is 0 Å². The third kappa shape index (κ3) is 1.95. The molecule has 1 fully saturated rings. The first-order valence-electron chi connectivity index (χ1n) is 3.78. The highest BCUT2D eigenvalue weighted by Gasteiger charge is 2.38. The second-order valence-corrected chi connectivity index (χ2v) is 3.30. The SMILES string of the molecule is [B]C(C)[C@@H]1C[C@](O)(CO)CO1. The number of hydrogen-bond acceptors (Lipinski definition) is 3. The molecular formula is C7H13BO3. The van der Waals surface area contributed by atoms with Crippen LogP contribution in [0.1, 0.15) is 13.3 Å². The van der Waals surface area contributed by atoms with Crippen LogP contribution in [-0.4, -0.2) is 43.0 Å². The maximum atomic E-state index is 9.49. The highest BCUT2D eigenvalue weighted by molar-refractivity contribution is 6.11. The molecule has 0 amide bonds. The molecule has 2 radical (unpaired) electrons. The van der Waals surface area contributed by atoms with Crippen molar-refractivity contribution in [2.75, 3.05) is 13.2 Å². The predicted molar refractivity (Wildman–Crippen MR) is 41.6 cm³/mol. The van der Waals surface area contributed by atoms with Crippen molar-refractivity contribution < 1.29 is 14.9 Å². The maximum absolute atomic E-state index is 9.49. The minimum absolute atomic E-state index is 0.0874. The van der Waals surface area contributed by atoms with Gasteiger partial charge in [0.25, 0.3) is 0 Å². The van der Waals surface area contributed by atoms with E-state index in [1.54, 1.807) is 0 Å². The fourth-order valence-corrected chi connectivity index (χ4v) is 1.20. The van der Waals surface area contributed by atoms with Gasteiger partial charge in [0, 0.05) is 6.42 Å². The second-order valence-electron chi connectivity index (χ2n) is 3.30. The van der Waals surface area contributed by atoms with Crippen molar-refractivity contribution in [3.05, 3.63) is 0 Å². The zero-order valence-electron chi connectivity index (χ0n) is 6.66. The summed E-state index contributed by atoms with van der Waals surface area (Å²) < 4.78 is 5.19. The van der Waals surface area contributed by atoms with Crippen molar-refractivity contribution >= 4 is 7.85 Å². The van der Waals surface area contributed by atoms with Crippen LogP contribution in [0.2, 0.25) is 5.82 Å². The lowest BCUT2D eigenvalue weighted by atomic mass is 9.81. The van der Waals surface area contributed by atoms with Crippen LogP contribution in [0, 0.1) is 0 Å². The Morgan fingerprint density at radius 1 is 1.82 bits per heavy atom. The molecule has 0 aromatic heterocycles. The van der Waals surface area contributed by atoms with Crippen molar-refractivity contribution in [1.82, 2.24) is 0 Å². The van der Waals surface area contributed by atoms with Gasteiger partial charge in [0.05, 0.1) is 27.2 Å². The summed E-state index contributed by atoms with van der Waals surface area (Å²) in [6.45, 7) is 1.76. The molecule has 0 aliphatic carbocycles. The van der Waals surface area contributed by atoms with Crippen molar-refractivity contribution in [3.63, 3.8) is 0 Å². The van der Waals surface area contributed by atoms with Crippen LogP contribution in [-0.2, 0) is 4.74 Å². The Morgan fingerprint density at radius 3 is 2.73 bits per heavy atom. The van der Waals surface area contributed by atoms with Crippen LogP contribution >= 0.6 is 0 Å². The zero-order valence-corrected chi connectivity index (χ0v) is 6.66. The third-order valence-electron chi connectivity index (χ3n) is 2.03. The molecule has 1 aliphatic heterocycles. The third-order valence-corrected chi connectivity index (χ3v) is 2.03. The maximum Gasteiger partial charge on any atom is 0.113 e. The van der Waals surface area contributed by atoms with Gasteiger partial charge >= 0.3 is 0 Å². The molecule has 11 heavy (non-hydrogen) atoms. The normalized spacial score (nSPS) is 40.8. The predicted octanol–water partition coefficient (Wildman–Crippen LogP) is -0.524. The molecule has 2 N–H and O–H groups in total. The van der Waals surface area contributed by atoms with E-state index in [9.17, 15) is 5.11 Å². The van der Waals surface area contributed by atoms with Crippen LogP contribution in [0.5, 0.6) is 0 Å². The van der Waals surface area contributed by atoms with Gasteiger partial charge in [0.2, 0.25) is 0 Å². The Morgan fingerprint density at radius 2 is 2.45 bits per heavy atom. The molecule has 1 unspecified atom stereocenters. The summed E-state index contributed by atoms with van der Waals surface area (Å²) >= 11 is 0. The molecule has 0 saturated carbocycles. The lowest BCUT2D eigenvalue weighted by Crippen LogP contribution is -2.33. The Kier molecular flexibility index (Phi) is 2.57. The average Bonchev–Trinajstić information content (AvgIpc) is 2.33. The van der Waals surface area contributed by atoms with E-state index in [0.29, 0.717) is 6.42 Å². The first kappa shape index (κ1) is 9.04. The molecular weight excluding hydrogens is 143 g/mol. The van der Waals surface area contributed by atoms with E-state index in [-0.39, 0.29) is 25.1 Å². The summed E-state index contributed by atoms with van der Waals surface area (Å²) in [6, 6.07) is 0. The van der Waals surface area contributed by atoms with Crippen molar-refractivity contribution in [1.29, 1.82) is 0 Å². The first-order chi connectivity index (χ1) is 5.07. The Balaban J connectivity index is 2.46. The Hall–Kier alpha value is -0.0551. The number of aliphatic hydroxyl groups is 2. The molecule has 0 spiro atoms. The van der Waals surface area contributed by atoms with Crippen molar-refractivity contribution in [2.24, 2.45) is 0 Å². The van der Waals surface area contributed by atoms with Crippen molar-refractivity contribution in [3.8, 4) is 0 Å². The molecule has 3 nitrogen and oxygen atoms in total. The van der Waals surface area contributed by atoms with Crippen LogP contribution < -0.4 is 0 Å². The largest absolute Gasteiger partial charge is 0.393 e. The molecule has 1 aliphatic rings. The van der Waals surface area contributed by atoms with Gasteiger partial charge in [-0.2, -0.15) is 0 Å². The summed E-state index contributed by atoms with van der Waals surface area (Å²) in [4.78, 5) is 0. The van der Waals surface area contributed by atoms with Crippen LogP contribution in [0.4, 0.5) is 0 Å². The van der Waals surface area contributed by atoms with Gasteiger partial charge in [-0.1, -0.05) is 12.7 Å². The number of rotatable bonds is 2. The Bertz CT molecular complexity index is 140. The quantitative estimate of drug-likeness (QED) is 0.528. The van der Waals surface area contributed by atoms with Crippen molar-refractivity contribution in [2.45, 2.75) is 30.9 Å². The molecule has 1 heterocycles. The molecule has 0 aromatic rings. The van der Waals surface area contributed by atoms with Gasteiger partial charge in [0.15, 0.2) is 0 Å². The van der Waals surface area contributed by atoms with E-state index in [1.165, 1.54) is 0 Å². The van der Waals surface area contributed by atoms with Crippen LogP contribution in [0.25, 0.3) is 0 Å². The smallest absolute Gasteiger partial charge is 0.113 e. The molecule has 62 valence electrons. The summed E-state index contributed by atoms with van der Waals surface area (Å²) in [5.74, 6) is -0.0874. The Labute approximate surface area is 67.8 Å². The topological polar surface area (TPSA) is 49.7 Å². The minimum Gasteiger partial charge on any atom is -0.393 e. The zero-order chi connectivity index (χ0) is 8.48. The molecule has 1 rings (SSSR count). The average molecular weight is 156 g/mol. The summed E-state index contributed by atoms with van der Waals surface area (Å²) in [5, 5.41) is 18.2. The van der Waals surface area contributed by atoms with Gasteiger partial charge < -0.3 is 14.9 Å². The lowest BCUT2D eigenvalue weighted by molar-refractivity contribution is -0.0215. The highest BCUT2D eigenvalue weighted by atomic mass is 16.5. The van der Waals surface area contributed by atoms with Gasteiger partial charge in [0.1, 0.15) is 5.60 Å². The molecule has 1 saturated heterocycles. The standard InChI is InChI=1S/C7H13BO3/c1-5(8)6-2-7(10,3-9)4-11-6/h5-6,9-10H,2-4H2,1H3/t5?,6-,7-/m0/s1. The van der Waals surface area contributed by atoms with E-state index in [4.69, 9.17) is 17.7 Å². The monoisotopic (exact) mass is 156 g/mol. The lowest BCUT2D eigenvalue weighted by Gasteiger charge is -2.17. The summed E-state index contributed by atoms with van der Waals surface area (Å²) in [7, 11) is 5.56. The molecule has 4 heteroatoms.